The van der Waals surface area contributed by atoms with Crippen molar-refractivity contribution in [1.29, 1.82) is 0 Å². The molecule has 2 aliphatic heterocycles. The number of rotatable bonds is 12. The van der Waals surface area contributed by atoms with Crippen LogP contribution < -0.4 is 21.5 Å². The van der Waals surface area contributed by atoms with Crippen LogP contribution in [0.3, 0.4) is 0 Å². The van der Waals surface area contributed by atoms with Gasteiger partial charge in [-0.25, -0.2) is 4.98 Å². The largest absolute Gasteiger partial charge is 0.493 e. The number of guanidine groups is 1. The van der Waals surface area contributed by atoms with Crippen molar-refractivity contribution < 1.29 is 23.9 Å². The number of hydrogen-bond donors (Lipinski definition) is 3. The Labute approximate surface area is 230 Å². The zero-order valence-electron chi connectivity index (χ0n) is 21.5. The highest BCUT2D eigenvalue weighted by Gasteiger charge is 2.46. The van der Waals surface area contributed by atoms with Crippen molar-refractivity contribution in [3.05, 3.63) is 46.9 Å². The van der Waals surface area contributed by atoms with Crippen LogP contribution in [-0.4, -0.2) is 88.6 Å². The fraction of sp³-hybridized carbons (Fsp3) is 0.462. The summed E-state index contributed by atoms with van der Waals surface area (Å²) >= 11 is 1.20. The molecule has 3 amide bonds. The van der Waals surface area contributed by atoms with Gasteiger partial charge in [0.25, 0.3) is 0 Å². The molecular formula is C26H33N7O5S. The summed E-state index contributed by atoms with van der Waals surface area (Å²) in [7, 11) is 0. The van der Waals surface area contributed by atoms with Crippen molar-refractivity contribution in [1.82, 2.24) is 20.1 Å². The molecule has 2 fully saturated rings. The number of para-hydroxylation sites is 1. The zero-order chi connectivity index (χ0) is 27.8. The average Bonchev–Trinajstić information content (AvgIpc) is 3.61. The monoisotopic (exact) mass is 555 g/mol. The number of thiazole rings is 1. The Morgan fingerprint density at radius 1 is 1.21 bits per heavy atom. The van der Waals surface area contributed by atoms with Crippen molar-refractivity contribution in [2.45, 2.75) is 50.2 Å². The van der Waals surface area contributed by atoms with E-state index < -0.39 is 18.0 Å². The second-order valence-electron chi connectivity index (χ2n) is 9.45. The lowest BCUT2D eigenvalue weighted by Crippen LogP contribution is -2.60. The Bertz CT molecular complexity index is 1190. The number of piperazine rings is 1. The number of hydrogen-bond acceptors (Lipinski definition) is 8. The molecule has 0 bridgehead atoms. The Hall–Kier alpha value is -4.00. The van der Waals surface area contributed by atoms with Gasteiger partial charge in [-0.1, -0.05) is 18.2 Å². The zero-order valence-corrected chi connectivity index (χ0v) is 22.3. The van der Waals surface area contributed by atoms with E-state index in [0.717, 1.165) is 0 Å². The topological polar surface area (TPSA) is 173 Å². The van der Waals surface area contributed by atoms with Crippen LogP contribution in [0, 0.1) is 0 Å². The van der Waals surface area contributed by atoms with Crippen molar-refractivity contribution in [2.24, 2.45) is 16.5 Å². The molecule has 0 unspecified atom stereocenters. The molecule has 13 heteroatoms. The van der Waals surface area contributed by atoms with Gasteiger partial charge in [-0.3, -0.25) is 24.2 Å². The normalized spacial score (nSPS) is 19.2. The van der Waals surface area contributed by atoms with Crippen LogP contribution in [0.15, 0.2) is 46.9 Å². The maximum Gasteiger partial charge on any atom is 0.243 e. The number of benzene rings is 1. The van der Waals surface area contributed by atoms with Crippen LogP contribution in [0.1, 0.15) is 41.9 Å². The molecule has 0 saturated carbocycles. The molecule has 1 aromatic heterocycles. The number of amides is 3. The van der Waals surface area contributed by atoms with Gasteiger partial charge in [0.2, 0.25) is 23.5 Å². The smallest absolute Gasteiger partial charge is 0.243 e. The van der Waals surface area contributed by atoms with E-state index in [0.29, 0.717) is 49.5 Å². The predicted octanol–water partition coefficient (Wildman–Crippen LogP) is 0.535. The summed E-state index contributed by atoms with van der Waals surface area (Å²) in [6, 6.07) is 7.44. The van der Waals surface area contributed by atoms with Crippen LogP contribution >= 0.6 is 11.3 Å². The van der Waals surface area contributed by atoms with Crippen molar-refractivity contribution in [3.8, 4) is 5.75 Å². The van der Waals surface area contributed by atoms with Crippen molar-refractivity contribution >= 4 is 40.8 Å². The van der Waals surface area contributed by atoms with E-state index in [1.54, 1.807) is 10.3 Å². The Kier molecular flexibility index (Phi) is 9.47. The van der Waals surface area contributed by atoms with Gasteiger partial charge in [0.15, 0.2) is 11.0 Å². The van der Waals surface area contributed by atoms with Crippen LogP contribution in [0.5, 0.6) is 5.75 Å². The minimum atomic E-state index is -0.820. The number of ketones is 1. The van der Waals surface area contributed by atoms with E-state index >= 15 is 0 Å². The highest BCUT2D eigenvalue weighted by Crippen LogP contribution is 2.29. The Morgan fingerprint density at radius 2 is 2.00 bits per heavy atom. The summed E-state index contributed by atoms with van der Waals surface area (Å²) in [6.45, 7) is 0.797. The molecular weight excluding hydrogens is 522 g/mol. The number of fused-ring (bicyclic) bond motifs is 1. The molecule has 1 aromatic carbocycles. The van der Waals surface area contributed by atoms with Gasteiger partial charge in [0.1, 0.15) is 11.8 Å². The second kappa shape index (κ2) is 13.2. The average molecular weight is 556 g/mol. The standard InChI is InChI=1S/C26H33N7O5S/c27-26(28)30-11-4-7-19(23(36)25-29-12-14-39-25)31-24(37)20-9-8-17-15-32(16-22(35)33(17)20)21(34)10-13-38-18-5-2-1-3-6-18/h1-3,5-6,12,14,17,19-20H,4,7-11,13,15-16H2,(H,31,37)(H4,27,28,30)/t17-,19-,20-/m0/s1. The molecule has 4 rings (SSSR count). The van der Waals surface area contributed by atoms with Gasteiger partial charge in [-0.2, -0.15) is 0 Å². The summed E-state index contributed by atoms with van der Waals surface area (Å²) in [5.74, 6) is -0.494. The van der Waals surface area contributed by atoms with E-state index in [9.17, 15) is 19.2 Å². The van der Waals surface area contributed by atoms with Crippen molar-refractivity contribution in [2.75, 3.05) is 26.2 Å². The number of carbonyl (C=O) groups excluding carboxylic acids is 4. The quantitative estimate of drug-likeness (QED) is 0.147. The first-order valence-electron chi connectivity index (χ1n) is 12.9. The number of Topliss-reactive ketones (excluding diaryl/α,β-unsaturated/α-hetero) is 1. The van der Waals surface area contributed by atoms with Crippen LogP contribution in [0.2, 0.25) is 0 Å². The summed E-state index contributed by atoms with van der Waals surface area (Å²) in [6.07, 6.45) is 3.51. The SMILES string of the molecule is NC(N)=NCCC[C@H](NC(=O)[C@@H]1CC[C@H]2CN(C(=O)CCOc3ccccc3)CC(=O)N21)C(=O)c1nccs1. The van der Waals surface area contributed by atoms with E-state index in [4.69, 9.17) is 16.2 Å². The molecule has 2 aliphatic rings. The number of carbonyl (C=O) groups is 4. The molecule has 0 spiro atoms. The first-order valence-corrected chi connectivity index (χ1v) is 13.8. The van der Waals surface area contributed by atoms with Gasteiger partial charge in [0, 0.05) is 24.7 Å². The number of ether oxygens (including phenoxy) is 1. The van der Waals surface area contributed by atoms with Gasteiger partial charge < -0.3 is 31.3 Å². The van der Waals surface area contributed by atoms with Crippen LogP contribution in [-0.2, 0) is 14.4 Å². The third kappa shape index (κ3) is 7.31. The number of nitrogens with one attached hydrogen (secondary N) is 1. The predicted molar refractivity (Wildman–Crippen MR) is 145 cm³/mol. The first-order chi connectivity index (χ1) is 18.8. The molecule has 0 radical (unpaired) electrons. The second-order valence-corrected chi connectivity index (χ2v) is 10.3. The minimum absolute atomic E-state index is 0.0429. The molecule has 208 valence electrons. The number of aliphatic imine (C=N–C) groups is 1. The van der Waals surface area contributed by atoms with Gasteiger partial charge in [-0.05, 0) is 37.8 Å². The molecule has 5 N–H and O–H groups in total. The molecule has 12 nitrogen and oxygen atoms in total. The number of nitrogens with zero attached hydrogens (tertiary/aromatic N) is 4. The third-order valence-corrected chi connectivity index (χ3v) is 7.54. The lowest BCUT2D eigenvalue weighted by Gasteiger charge is -2.39. The molecule has 3 heterocycles. The highest BCUT2D eigenvalue weighted by molar-refractivity contribution is 7.11. The van der Waals surface area contributed by atoms with E-state index in [1.807, 2.05) is 30.3 Å². The summed E-state index contributed by atoms with van der Waals surface area (Å²) in [5.41, 5.74) is 10.8. The highest BCUT2D eigenvalue weighted by atomic mass is 32.1. The van der Waals surface area contributed by atoms with Crippen molar-refractivity contribution in [3.63, 3.8) is 0 Å². The fourth-order valence-corrected chi connectivity index (χ4v) is 5.55. The van der Waals surface area contributed by atoms with Gasteiger partial charge in [0.05, 0.1) is 31.7 Å². The molecule has 0 aliphatic carbocycles. The Morgan fingerprint density at radius 3 is 2.72 bits per heavy atom. The number of nitrogens with two attached hydrogens (primary N) is 2. The van der Waals surface area contributed by atoms with Gasteiger partial charge in [-0.15, -0.1) is 11.3 Å². The van der Waals surface area contributed by atoms with Crippen LogP contribution in [0.25, 0.3) is 0 Å². The van der Waals surface area contributed by atoms with Gasteiger partial charge >= 0.3 is 0 Å². The lowest BCUT2D eigenvalue weighted by molar-refractivity contribution is -0.151. The van der Waals surface area contributed by atoms with E-state index in [1.165, 1.54) is 22.4 Å². The molecule has 2 saturated heterocycles. The summed E-state index contributed by atoms with van der Waals surface area (Å²) in [4.78, 5) is 63.3. The molecule has 3 atom stereocenters. The van der Waals surface area contributed by atoms with E-state index in [-0.39, 0.29) is 49.2 Å². The number of aromatic nitrogens is 1. The molecule has 2 aromatic rings. The van der Waals surface area contributed by atoms with E-state index in [2.05, 4.69) is 15.3 Å². The molecule has 39 heavy (non-hydrogen) atoms. The maximum atomic E-state index is 13.3. The third-order valence-electron chi connectivity index (χ3n) is 6.75. The fourth-order valence-electron chi connectivity index (χ4n) is 4.92. The maximum absolute atomic E-state index is 13.3. The summed E-state index contributed by atoms with van der Waals surface area (Å²) < 4.78 is 5.61. The minimum Gasteiger partial charge on any atom is -0.493 e. The summed E-state index contributed by atoms with van der Waals surface area (Å²) in [5, 5.41) is 4.83. The first kappa shape index (κ1) is 28.0. The van der Waals surface area contributed by atoms with Crippen LogP contribution in [0.4, 0.5) is 0 Å². The Balaban J connectivity index is 1.33. The lowest BCUT2D eigenvalue weighted by atomic mass is 10.1.